The number of pyridine rings is 1. The number of hydrogen-bond donors (Lipinski definition) is 3. The van der Waals surface area contributed by atoms with Gasteiger partial charge in [-0.15, -0.1) is 5.10 Å². The van der Waals surface area contributed by atoms with Crippen molar-refractivity contribution in [2.24, 2.45) is 0 Å². The van der Waals surface area contributed by atoms with E-state index in [0.29, 0.717) is 17.1 Å². The summed E-state index contributed by atoms with van der Waals surface area (Å²) in [6.45, 7) is 3.58. The Morgan fingerprint density at radius 1 is 1.18 bits per heavy atom. The van der Waals surface area contributed by atoms with Crippen LogP contribution in [0.1, 0.15) is 17.5 Å². The van der Waals surface area contributed by atoms with Crippen LogP contribution in [0.25, 0.3) is 11.5 Å². The van der Waals surface area contributed by atoms with E-state index < -0.39 is 15.9 Å². The number of carbonyl (C=O) groups excluding carboxylic acids is 1. The third kappa shape index (κ3) is 4.78. The van der Waals surface area contributed by atoms with E-state index in [1.54, 1.807) is 43.5 Å². The lowest BCUT2D eigenvalue weighted by Gasteiger charge is -2.09. The summed E-state index contributed by atoms with van der Waals surface area (Å²) in [6, 6.07) is 10.4. The molecule has 146 valence electrons. The van der Waals surface area contributed by atoms with E-state index in [2.05, 4.69) is 30.2 Å². The maximum Gasteiger partial charge on any atom is 0.249 e. The number of anilines is 1. The topological polar surface area (TPSA) is 130 Å². The van der Waals surface area contributed by atoms with Gasteiger partial charge in [0.2, 0.25) is 21.9 Å². The Morgan fingerprint density at radius 3 is 2.71 bits per heavy atom. The number of carbonyl (C=O) groups is 1. The number of amides is 1. The van der Waals surface area contributed by atoms with Crippen molar-refractivity contribution >= 4 is 21.9 Å². The summed E-state index contributed by atoms with van der Waals surface area (Å²) >= 11 is 0. The molecular weight excluding hydrogens is 380 g/mol. The molecule has 0 unspecified atom stereocenters. The maximum atomic E-state index is 12.4. The van der Waals surface area contributed by atoms with Crippen molar-refractivity contribution in [3.05, 3.63) is 53.7 Å². The largest absolute Gasteiger partial charge is 0.293 e. The van der Waals surface area contributed by atoms with Crippen LogP contribution in [0.3, 0.4) is 0 Å². The molecule has 0 bridgehead atoms. The van der Waals surface area contributed by atoms with E-state index >= 15 is 0 Å². The van der Waals surface area contributed by atoms with Gasteiger partial charge in [-0.2, -0.15) is 4.98 Å². The third-order valence-electron chi connectivity index (χ3n) is 3.91. The fraction of sp³-hybridized carbons (Fsp3) is 0.222. The molecule has 0 aliphatic rings. The molecule has 0 aliphatic heterocycles. The molecule has 2 aromatic heterocycles. The predicted octanol–water partition coefficient (Wildman–Crippen LogP) is 1.79. The predicted molar refractivity (Wildman–Crippen MR) is 104 cm³/mol. The Hall–Kier alpha value is -3.11. The maximum absolute atomic E-state index is 12.4. The number of benzene rings is 1. The Labute approximate surface area is 162 Å². The van der Waals surface area contributed by atoms with Crippen LogP contribution in [-0.4, -0.2) is 41.0 Å². The van der Waals surface area contributed by atoms with Crippen LogP contribution in [0.4, 0.5) is 5.95 Å². The highest BCUT2D eigenvalue weighted by molar-refractivity contribution is 7.89. The van der Waals surface area contributed by atoms with Gasteiger partial charge in [0.25, 0.3) is 0 Å². The first kappa shape index (κ1) is 19.6. The van der Waals surface area contributed by atoms with Gasteiger partial charge < -0.3 is 0 Å². The lowest BCUT2D eigenvalue weighted by Crippen LogP contribution is -2.28. The number of aryl methyl sites for hydroxylation is 2. The van der Waals surface area contributed by atoms with E-state index in [1.165, 1.54) is 0 Å². The van der Waals surface area contributed by atoms with Gasteiger partial charge >= 0.3 is 0 Å². The summed E-state index contributed by atoms with van der Waals surface area (Å²) in [6.07, 6.45) is 1.57. The van der Waals surface area contributed by atoms with Crippen molar-refractivity contribution in [3.63, 3.8) is 0 Å². The molecule has 0 saturated heterocycles. The van der Waals surface area contributed by atoms with Crippen LogP contribution in [0.2, 0.25) is 0 Å². The van der Waals surface area contributed by atoms with E-state index in [9.17, 15) is 13.2 Å². The second kappa shape index (κ2) is 8.28. The molecule has 3 N–H and O–H groups in total. The molecule has 10 heteroatoms. The molecule has 0 atom stereocenters. The van der Waals surface area contributed by atoms with Gasteiger partial charge in [-0.25, -0.2) is 13.1 Å². The van der Waals surface area contributed by atoms with Crippen molar-refractivity contribution in [2.45, 2.75) is 25.2 Å². The van der Waals surface area contributed by atoms with Crippen LogP contribution in [-0.2, 0) is 14.8 Å². The summed E-state index contributed by atoms with van der Waals surface area (Å²) in [7, 11) is -3.68. The van der Waals surface area contributed by atoms with Crippen molar-refractivity contribution in [3.8, 4) is 11.5 Å². The number of aromatic nitrogens is 4. The van der Waals surface area contributed by atoms with Crippen LogP contribution < -0.4 is 10.0 Å². The van der Waals surface area contributed by atoms with Gasteiger partial charge in [-0.05, 0) is 37.6 Å². The summed E-state index contributed by atoms with van der Waals surface area (Å²) in [5.41, 5.74) is 2.23. The molecule has 0 spiro atoms. The minimum atomic E-state index is -3.68. The van der Waals surface area contributed by atoms with Gasteiger partial charge in [-0.3, -0.25) is 20.2 Å². The fourth-order valence-electron chi connectivity index (χ4n) is 2.60. The van der Waals surface area contributed by atoms with E-state index in [4.69, 9.17) is 0 Å². The van der Waals surface area contributed by atoms with Crippen molar-refractivity contribution < 1.29 is 13.2 Å². The molecule has 9 nitrogen and oxygen atoms in total. The second-order valence-corrected chi connectivity index (χ2v) is 7.92. The molecule has 0 radical (unpaired) electrons. The fourth-order valence-corrected chi connectivity index (χ4v) is 3.86. The minimum Gasteiger partial charge on any atom is -0.293 e. The molecule has 1 amide bonds. The lowest BCUT2D eigenvalue weighted by molar-refractivity contribution is -0.116. The van der Waals surface area contributed by atoms with Crippen LogP contribution >= 0.6 is 0 Å². The average Bonchev–Trinajstić information content (AvgIpc) is 3.10. The zero-order valence-corrected chi connectivity index (χ0v) is 16.2. The smallest absolute Gasteiger partial charge is 0.249 e. The van der Waals surface area contributed by atoms with Gasteiger partial charge in [0.05, 0.1) is 4.90 Å². The van der Waals surface area contributed by atoms with Gasteiger partial charge in [0.1, 0.15) is 5.69 Å². The van der Waals surface area contributed by atoms with Crippen LogP contribution in [0.5, 0.6) is 0 Å². The van der Waals surface area contributed by atoms with E-state index in [-0.39, 0.29) is 23.8 Å². The standard InChI is InChI=1S/C18H20N6O3S/c1-12-6-7-15(13(2)11-12)28(26,27)20-10-8-16(25)21-18-22-17(23-24-18)14-5-3-4-9-19-14/h3-7,9,11,20H,8,10H2,1-2H3,(H2,21,22,23,24,25). The summed E-state index contributed by atoms with van der Waals surface area (Å²) in [5, 5.41) is 9.12. The zero-order valence-electron chi connectivity index (χ0n) is 15.4. The van der Waals surface area contributed by atoms with Crippen molar-refractivity contribution in [2.75, 3.05) is 11.9 Å². The number of nitrogens with one attached hydrogen (secondary N) is 3. The SMILES string of the molecule is Cc1ccc(S(=O)(=O)NCCC(=O)Nc2n[nH]c(-c3ccccn3)n2)c(C)c1. The van der Waals surface area contributed by atoms with Crippen LogP contribution in [0.15, 0.2) is 47.5 Å². The Bertz CT molecular complexity index is 1080. The Morgan fingerprint density at radius 2 is 2.00 bits per heavy atom. The first-order valence-electron chi connectivity index (χ1n) is 8.56. The first-order chi connectivity index (χ1) is 13.3. The Balaban J connectivity index is 1.54. The molecule has 0 aliphatic carbocycles. The molecule has 28 heavy (non-hydrogen) atoms. The zero-order chi connectivity index (χ0) is 20.1. The molecule has 2 heterocycles. The number of sulfonamides is 1. The highest BCUT2D eigenvalue weighted by Gasteiger charge is 2.17. The molecule has 3 rings (SSSR count). The normalized spacial score (nSPS) is 11.4. The second-order valence-electron chi connectivity index (χ2n) is 6.19. The molecule has 3 aromatic rings. The van der Waals surface area contributed by atoms with E-state index in [1.807, 2.05) is 13.0 Å². The summed E-state index contributed by atoms with van der Waals surface area (Å²) < 4.78 is 27.2. The number of H-pyrrole nitrogens is 1. The third-order valence-corrected chi connectivity index (χ3v) is 5.53. The first-order valence-corrected chi connectivity index (χ1v) is 10.0. The minimum absolute atomic E-state index is 0.0427. The molecule has 1 aromatic carbocycles. The van der Waals surface area contributed by atoms with Gasteiger partial charge in [0, 0.05) is 19.2 Å². The van der Waals surface area contributed by atoms with E-state index in [0.717, 1.165) is 5.56 Å². The number of nitrogens with zero attached hydrogens (tertiary/aromatic N) is 3. The van der Waals surface area contributed by atoms with Crippen molar-refractivity contribution in [1.82, 2.24) is 24.9 Å². The molecule has 0 saturated carbocycles. The van der Waals surface area contributed by atoms with Crippen molar-refractivity contribution in [1.29, 1.82) is 0 Å². The average molecular weight is 400 g/mol. The highest BCUT2D eigenvalue weighted by atomic mass is 32.2. The van der Waals surface area contributed by atoms with Gasteiger partial charge in [-0.1, -0.05) is 23.8 Å². The summed E-state index contributed by atoms with van der Waals surface area (Å²) in [4.78, 5) is 20.5. The van der Waals surface area contributed by atoms with Gasteiger partial charge in [0.15, 0.2) is 5.82 Å². The number of rotatable bonds is 7. The number of hydrogen-bond acceptors (Lipinski definition) is 6. The summed E-state index contributed by atoms with van der Waals surface area (Å²) in [5.74, 6) is 0.115. The monoisotopic (exact) mass is 400 g/mol. The Kier molecular flexibility index (Phi) is 5.81. The molecular formula is C18H20N6O3S. The van der Waals surface area contributed by atoms with Crippen LogP contribution in [0, 0.1) is 13.8 Å². The quantitative estimate of drug-likeness (QED) is 0.554. The highest BCUT2D eigenvalue weighted by Crippen LogP contribution is 2.16. The number of aromatic amines is 1. The lowest BCUT2D eigenvalue weighted by atomic mass is 10.2. The molecule has 0 fully saturated rings.